The van der Waals surface area contributed by atoms with Crippen molar-refractivity contribution in [1.82, 2.24) is 14.8 Å². The molecule has 1 aromatic rings. The Morgan fingerprint density at radius 1 is 1.50 bits per heavy atom. The Labute approximate surface area is 121 Å². The highest BCUT2D eigenvalue weighted by Crippen LogP contribution is 2.19. The lowest BCUT2D eigenvalue weighted by atomic mass is 9.99. The smallest absolute Gasteiger partial charge is 0.268 e. The minimum atomic E-state index is -0.0165. The van der Waals surface area contributed by atoms with Crippen molar-refractivity contribution in [2.24, 2.45) is 0 Å². The molecule has 5 nitrogen and oxygen atoms in total. The lowest BCUT2D eigenvalue weighted by molar-refractivity contribution is 0.0886. The highest BCUT2D eigenvalue weighted by molar-refractivity contribution is 5.94. The summed E-state index contributed by atoms with van der Waals surface area (Å²) in [7, 11) is 2.13. The van der Waals surface area contributed by atoms with Crippen molar-refractivity contribution < 1.29 is 4.79 Å². The number of carbonyl (C=O) groups is 1. The van der Waals surface area contributed by atoms with Crippen molar-refractivity contribution in [3.05, 3.63) is 18.0 Å². The second kappa shape index (κ2) is 5.87. The maximum atomic E-state index is 12.4. The van der Waals surface area contributed by atoms with Gasteiger partial charge in [0.05, 0.1) is 5.69 Å². The molecule has 1 amide bonds. The maximum absolute atomic E-state index is 12.4. The van der Waals surface area contributed by atoms with E-state index >= 15 is 0 Å². The van der Waals surface area contributed by atoms with E-state index < -0.39 is 0 Å². The Balaban J connectivity index is 2.05. The summed E-state index contributed by atoms with van der Waals surface area (Å²) >= 11 is 0. The zero-order chi connectivity index (χ0) is 14.9. The number of aromatic nitrogens is 1. The normalized spacial score (nSPS) is 24.1. The van der Waals surface area contributed by atoms with Crippen molar-refractivity contribution in [2.45, 2.75) is 51.7 Å². The average molecular weight is 278 g/mol. The highest BCUT2D eigenvalue weighted by Gasteiger charge is 2.25. The summed E-state index contributed by atoms with van der Waals surface area (Å²) in [6, 6.07) is 2.75. The van der Waals surface area contributed by atoms with E-state index in [1.165, 1.54) is 0 Å². The van der Waals surface area contributed by atoms with Crippen molar-refractivity contribution in [2.75, 3.05) is 19.3 Å². The van der Waals surface area contributed by atoms with Crippen molar-refractivity contribution in [3.63, 3.8) is 0 Å². The fourth-order valence-electron chi connectivity index (χ4n) is 2.79. The van der Waals surface area contributed by atoms with Crippen LogP contribution in [0.25, 0.3) is 0 Å². The third kappa shape index (κ3) is 3.15. The monoisotopic (exact) mass is 278 g/mol. The van der Waals surface area contributed by atoms with Crippen molar-refractivity contribution in [1.29, 1.82) is 0 Å². The van der Waals surface area contributed by atoms with Gasteiger partial charge in [0, 0.05) is 30.9 Å². The zero-order valence-electron chi connectivity index (χ0n) is 12.9. The number of piperidine rings is 1. The second-order valence-corrected chi connectivity index (χ2v) is 6.18. The first-order chi connectivity index (χ1) is 9.38. The van der Waals surface area contributed by atoms with E-state index in [0.29, 0.717) is 17.4 Å². The first-order valence-electron chi connectivity index (χ1n) is 7.37. The summed E-state index contributed by atoms with van der Waals surface area (Å²) in [5.41, 5.74) is 7.12. The first kappa shape index (κ1) is 14.9. The number of nitrogens with two attached hydrogens (primary N) is 1. The molecule has 2 unspecified atom stereocenters. The minimum Gasteiger partial charge on any atom is -0.397 e. The molecule has 2 atom stereocenters. The fraction of sp³-hybridized carbons (Fsp3) is 0.667. The molecule has 0 saturated carbocycles. The molecule has 20 heavy (non-hydrogen) atoms. The van der Waals surface area contributed by atoms with E-state index in [4.69, 9.17) is 5.73 Å². The Hall–Kier alpha value is -1.49. The molecule has 0 radical (unpaired) electrons. The summed E-state index contributed by atoms with van der Waals surface area (Å²) in [5, 5.41) is 3.15. The quantitative estimate of drug-likeness (QED) is 0.887. The SMILES string of the molecule is CC1CC(NC(=O)c2cc(N)cn2C(C)C)CCN1C. The number of nitrogens with zero attached hydrogens (tertiary/aromatic N) is 2. The van der Waals surface area contributed by atoms with Crippen LogP contribution < -0.4 is 11.1 Å². The average Bonchev–Trinajstić information content (AvgIpc) is 2.76. The van der Waals surface area contributed by atoms with Crippen LogP contribution in [0.3, 0.4) is 0 Å². The molecule has 1 aliphatic heterocycles. The van der Waals surface area contributed by atoms with Gasteiger partial charge in [-0.3, -0.25) is 4.79 Å². The Morgan fingerprint density at radius 3 is 2.80 bits per heavy atom. The molecule has 3 N–H and O–H groups in total. The van der Waals surface area contributed by atoms with Gasteiger partial charge in [-0.15, -0.1) is 0 Å². The van der Waals surface area contributed by atoms with E-state index in [-0.39, 0.29) is 18.0 Å². The molecule has 0 bridgehead atoms. The largest absolute Gasteiger partial charge is 0.397 e. The fourth-order valence-corrected chi connectivity index (χ4v) is 2.79. The molecule has 0 aliphatic carbocycles. The first-order valence-corrected chi connectivity index (χ1v) is 7.37. The van der Waals surface area contributed by atoms with Gasteiger partial charge < -0.3 is 20.5 Å². The van der Waals surface area contributed by atoms with Crippen LogP contribution in [0, 0.1) is 0 Å². The van der Waals surface area contributed by atoms with E-state index in [2.05, 4.69) is 24.2 Å². The van der Waals surface area contributed by atoms with Crippen LogP contribution in [-0.4, -0.2) is 41.1 Å². The molecule has 5 heteroatoms. The molecule has 1 aromatic heterocycles. The topological polar surface area (TPSA) is 63.3 Å². The van der Waals surface area contributed by atoms with E-state index in [0.717, 1.165) is 19.4 Å². The molecular weight excluding hydrogens is 252 g/mol. The maximum Gasteiger partial charge on any atom is 0.268 e. The molecule has 2 rings (SSSR count). The van der Waals surface area contributed by atoms with Gasteiger partial charge in [0.1, 0.15) is 5.69 Å². The van der Waals surface area contributed by atoms with Crippen LogP contribution in [0.1, 0.15) is 50.1 Å². The van der Waals surface area contributed by atoms with Gasteiger partial charge in [-0.05, 0) is 46.7 Å². The van der Waals surface area contributed by atoms with Gasteiger partial charge in [0.25, 0.3) is 5.91 Å². The highest BCUT2D eigenvalue weighted by atomic mass is 16.2. The summed E-state index contributed by atoms with van der Waals surface area (Å²) in [4.78, 5) is 14.8. The predicted molar refractivity (Wildman–Crippen MR) is 81.8 cm³/mol. The second-order valence-electron chi connectivity index (χ2n) is 6.18. The van der Waals surface area contributed by atoms with Gasteiger partial charge in [0.2, 0.25) is 0 Å². The Kier molecular flexibility index (Phi) is 4.38. The Morgan fingerprint density at radius 2 is 2.20 bits per heavy atom. The van der Waals surface area contributed by atoms with Crippen LogP contribution in [0.4, 0.5) is 5.69 Å². The molecular formula is C15H26N4O. The summed E-state index contributed by atoms with van der Waals surface area (Å²) in [6.45, 7) is 7.33. The van der Waals surface area contributed by atoms with Crippen molar-refractivity contribution in [3.8, 4) is 0 Å². The van der Waals surface area contributed by atoms with Gasteiger partial charge in [-0.25, -0.2) is 0 Å². The Bertz CT molecular complexity index is 480. The number of likely N-dealkylation sites (tertiary alicyclic amines) is 1. The number of nitrogens with one attached hydrogen (secondary N) is 1. The minimum absolute atomic E-state index is 0.0165. The third-order valence-electron chi connectivity index (χ3n) is 4.20. The van der Waals surface area contributed by atoms with Gasteiger partial charge in [-0.2, -0.15) is 0 Å². The molecule has 0 aromatic carbocycles. The number of amides is 1. The predicted octanol–water partition coefficient (Wildman–Crippen LogP) is 1.86. The van der Waals surface area contributed by atoms with E-state index in [9.17, 15) is 4.79 Å². The summed E-state index contributed by atoms with van der Waals surface area (Å²) < 4.78 is 1.93. The van der Waals surface area contributed by atoms with Gasteiger partial charge in [-0.1, -0.05) is 0 Å². The number of hydrogen-bond donors (Lipinski definition) is 2. The van der Waals surface area contributed by atoms with Crippen LogP contribution >= 0.6 is 0 Å². The van der Waals surface area contributed by atoms with Crippen molar-refractivity contribution >= 4 is 11.6 Å². The summed E-state index contributed by atoms with van der Waals surface area (Å²) in [6.07, 6.45) is 3.83. The zero-order valence-corrected chi connectivity index (χ0v) is 12.9. The molecule has 1 fully saturated rings. The standard InChI is InChI=1S/C15H26N4O/c1-10(2)19-9-12(16)8-14(19)15(20)17-13-5-6-18(4)11(3)7-13/h8-11,13H,5-7,16H2,1-4H3,(H,17,20). The summed E-state index contributed by atoms with van der Waals surface area (Å²) in [5.74, 6) is -0.0165. The third-order valence-corrected chi connectivity index (χ3v) is 4.20. The van der Waals surface area contributed by atoms with Crippen LogP contribution in [0.15, 0.2) is 12.3 Å². The van der Waals surface area contributed by atoms with Crippen LogP contribution in [-0.2, 0) is 0 Å². The molecule has 112 valence electrons. The molecule has 0 spiro atoms. The number of rotatable bonds is 3. The number of carbonyl (C=O) groups excluding carboxylic acids is 1. The number of anilines is 1. The molecule has 1 saturated heterocycles. The van der Waals surface area contributed by atoms with E-state index in [1.54, 1.807) is 6.07 Å². The number of hydrogen-bond acceptors (Lipinski definition) is 3. The van der Waals surface area contributed by atoms with Crippen LogP contribution in [0.2, 0.25) is 0 Å². The molecule has 2 heterocycles. The van der Waals surface area contributed by atoms with E-state index in [1.807, 2.05) is 24.6 Å². The molecule has 1 aliphatic rings. The number of nitrogen functional groups attached to an aromatic ring is 1. The van der Waals surface area contributed by atoms with Gasteiger partial charge in [0.15, 0.2) is 0 Å². The van der Waals surface area contributed by atoms with Crippen LogP contribution in [0.5, 0.6) is 0 Å². The lowest BCUT2D eigenvalue weighted by Crippen LogP contribution is -2.47. The van der Waals surface area contributed by atoms with Gasteiger partial charge >= 0.3 is 0 Å². The lowest BCUT2D eigenvalue weighted by Gasteiger charge is -2.35.